The fraction of sp³-hybridized carbons (Fsp3) is 0.429. The molecule has 1 aromatic heterocycles. The van der Waals surface area contributed by atoms with Gasteiger partial charge in [-0.1, -0.05) is 26.0 Å². The zero-order valence-corrected chi connectivity index (χ0v) is 14.0. The van der Waals surface area contributed by atoms with Crippen LogP contribution in [0.1, 0.15) is 31.2 Å². The molecule has 2 rings (SSSR count). The second kappa shape index (κ2) is 6.45. The number of hydrogen-bond donors (Lipinski definition) is 2. The van der Waals surface area contributed by atoms with Gasteiger partial charge in [-0.05, 0) is 23.6 Å². The minimum atomic E-state index is -3.58. The minimum absolute atomic E-state index is 0.0646. The molecule has 7 nitrogen and oxygen atoms in total. The van der Waals surface area contributed by atoms with Crippen molar-refractivity contribution in [3.8, 4) is 0 Å². The number of hydrogen-bond acceptors (Lipinski definition) is 5. The summed E-state index contributed by atoms with van der Waals surface area (Å²) in [5, 5.41) is 6.69. The second-order valence-corrected chi connectivity index (χ2v) is 7.30. The van der Waals surface area contributed by atoms with Gasteiger partial charge >= 0.3 is 0 Å². The van der Waals surface area contributed by atoms with E-state index < -0.39 is 10.0 Å². The number of nitrogens with one attached hydrogen (secondary N) is 2. The highest BCUT2D eigenvalue weighted by Crippen LogP contribution is 2.18. The van der Waals surface area contributed by atoms with Crippen molar-refractivity contribution in [2.75, 3.05) is 19.0 Å². The summed E-state index contributed by atoms with van der Waals surface area (Å²) in [6, 6.07) is 6.95. The van der Waals surface area contributed by atoms with Crippen molar-refractivity contribution < 1.29 is 8.42 Å². The summed E-state index contributed by atoms with van der Waals surface area (Å²) in [6.45, 7) is 4.11. The Kier molecular flexibility index (Phi) is 4.82. The predicted molar refractivity (Wildman–Crippen MR) is 85.3 cm³/mol. The molecule has 2 N–H and O–H groups in total. The highest BCUT2D eigenvalue weighted by Gasteiger charge is 2.16. The van der Waals surface area contributed by atoms with Crippen LogP contribution in [-0.4, -0.2) is 37.7 Å². The van der Waals surface area contributed by atoms with Crippen molar-refractivity contribution in [2.45, 2.75) is 31.2 Å². The van der Waals surface area contributed by atoms with Gasteiger partial charge in [-0.15, -0.1) is 5.10 Å². The first-order valence-corrected chi connectivity index (χ1v) is 8.46. The number of sulfonamides is 1. The molecule has 0 unspecified atom stereocenters. The maximum absolute atomic E-state index is 12.3. The lowest BCUT2D eigenvalue weighted by molar-refractivity contribution is 0.579. The number of nitrogens with zero attached hydrogens (tertiary/aromatic N) is 3. The van der Waals surface area contributed by atoms with E-state index in [0.717, 1.165) is 5.56 Å². The normalized spacial score (nSPS) is 11.9. The lowest BCUT2D eigenvalue weighted by atomic mass is 10.0. The molecule has 8 heteroatoms. The SMILES string of the molecule is CC(C)c1cccc(S(=O)(=O)NCc2nc(N(C)C)n[nH]2)c1. The second-order valence-electron chi connectivity index (χ2n) is 5.53. The van der Waals surface area contributed by atoms with Crippen LogP contribution in [0.3, 0.4) is 0 Å². The Morgan fingerprint density at radius 2 is 2.05 bits per heavy atom. The number of H-pyrrole nitrogens is 1. The van der Waals surface area contributed by atoms with Crippen molar-refractivity contribution >= 4 is 16.0 Å². The highest BCUT2D eigenvalue weighted by molar-refractivity contribution is 7.89. The molecule has 0 atom stereocenters. The molecule has 2 aromatic rings. The molecular weight excluding hydrogens is 302 g/mol. The summed E-state index contributed by atoms with van der Waals surface area (Å²) in [7, 11) is 0.0512. The smallest absolute Gasteiger partial charge is 0.244 e. The van der Waals surface area contributed by atoms with E-state index in [4.69, 9.17) is 0 Å². The highest BCUT2D eigenvalue weighted by atomic mass is 32.2. The van der Waals surface area contributed by atoms with Crippen molar-refractivity contribution in [3.63, 3.8) is 0 Å². The van der Waals surface area contributed by atoms with Gasteiger partial charge in [-0.3, -0.25) is 5.10 Å². The van der Waals surface area contributed by atoms with Crippen LogP contribution in [0.15, 0.2) is 29.2 Å². The molecule has 0 bridgehead atoms. The minimum Gasteiger partial charge on any atom is -0.346 e. The first kappa shape index (κ1) is 16.4. The van der Waals surface area contributed by atoms with Gasteiger partial charge in [0.1, 0.15) is 5.82 Å². The largest absolute Gasteiger partial charge is 0.346 e. The lowest BCUT2D eigenvalue weighted by Crippen LogP contribution is -2.24. The number of aromatic amines is 1. The molecule has 120 valence electrons. The monoisotopic (exact) mass is 323 g/mol. The topological polar surface area (TPSA) is 91.0 Å². The Labute approximate surface area is 130 Å². The van der Waals surface area contributed by atoms with Gasteiger partial charge in [0.25, 0.3) is 0 Å². The average molecular weight is 323 g/mol. The van der Waals surface area contributed by atoms with Crippen LogP contribution in [0, 0.1) is 0 Å². The summed E-state index contributed by atoms with van der Waals surface area (Å²) < 4.78 is 27.2. The molecule has 0 radical (unpaired) electrons. The van der Waals surface area contributed by atoms with Crippen LogP contribution in [-0.2, 0) is 16.6 Å². The van der Waals surface area contributed by atoms with E-state index in [2.05, 4.69) is 19.9 Å². The van der Waals surface area contributed by atoms with Crippen molar-refractivity contribution in [2.24, 2.45) is 0 Å². The van der Waals surface area contributed by atoms with Gasteiger partial charge in [0.15, 0.2) is 0 Å². The molecule has 1 heterocycles. The van der Waals surface area contributed by atoms with E-state index >= 15 is 0 Å². The maximum atomic E-state index is 12.3. The van der Waals surface area contributed by atoms with Gasteiger partial charge in [0.2, 0.25) is 16.0 Å². The van der Waals surface area contributed by atoms with Crippen LogP contribution in [0.5, 0.6) is 0 Å². The fourth-order valence-electron chi connectivity index (χ4n) is 1.85. The third-order valence-corrected chi connectivity index (χ3v) is 4.58. The third kappa shape index (κ3) is 3.83. The van der Waals surface area contributed by atoms with Crippen molar-refractivity contribution in [1.29, 1.82) is 0 Å². The first-order chi connectivity index (χ1) is 10.3. The maximum Gasteiger partial charge on any atom is 0.244 e. The zero-order chi connectivity index (χ0) is 16.3. The molecule has 0 saturated carbocycles. The molecular formula is C14H21N5O2S. The Hall–Kier alpha value is -1.93. The molecule has 0 fully saturated rings. The quantitative estimate of drug-likeness (QED) is 0.840. The zero-order valence-electron chi connectivity index (χ0n) is 13.2. The number of aromatic nitrogens is 3. The van der Waals surface area contributed by atoms with Crippen LogP contribution in [0.25, 0.3) is 0 Å². The predicted octanol–water partition coefficient (Wildman–Crippen LogP) is 1.47. The Morgan fingerprint density at radius 1 is 1.32 bits per heavy atom. The van der Waals surface area contributed by atoms with Crippen LogP contribution >= 0.6 is 0 Å². The Bertz CT molecular complexity index is 737. The standard InChI is InChI=1S/C14H21N5O2S/c1-10(2)11-6-5-7-12(8-11)22(20,21)15-9-13-16-14(18-17-13)19(3)4/h5-8,10,15H,9H2,1-4H3,(H,16,17,18). The molecule has 0 aliphatic heterocycles. The van der Waals surface area contributed by atoms with Gasteiger partial charge in [-0.2, -0.15) is 4.98 Å². The van der Waals surface area contributed by atoms with E-state index in [1.807, 2.05) is 34.0 Å². The molecule has 0 spiro atoms. The molecule has 1 aromatic carbocycles. The molecule has 22 heavy (non-hydrogen) atoms. The number of benzene rings is 1. The Morgan fingerprint density at radius 3 is 2.64 bits per heavy atom. The van der Waals surface area contributed by atoms with Crippen LogP contribution in [0.4, 0.5) is 5.95 Å². The summed E-state index contributed by atoms with van der Waals surface area (Å²) in [5.74, 6) is 1.25. The molecule has 0 aliphatic carbocycles. The third-order valence-electron chi connectivity index (χ3n) is 3.18. The van der Waals surface area contributed by atoms with Crippen molar-refractivity contribution in [1.82, 2.24) is 19.9 Å². The summed E-state index contributed by atoms with van der Waals surface area (Å²) in [4.78, 5) is 6.18. The van der Waals surface area contributed by atoms with E-state index in [0.29, 0.717) is 11.8 Å². The van der Waals surface area contributed by atoms with E-state index in [-0.39, 0.29) is 17.4 Å². The van der Waals surface area contributed by atoms with Crippen LogP contribution < -0.4 is 9.62 Å². The van der Waals surface area contributed by atoms with Crippen molar-refractivity contribution in [3.05, 3.63) is 35.7 Å². The van der Waals surface area contributed by atoms with E-state index in [1.54, 1.807) is 23.1 Å². The lowest BCUT2D eigenvalue weighted by Gasteiger charge is -2.09. The summed E-state index contributed by atoms with van der Waals surface area (Å²) in [6.07, 6.45) is 0. The molecule has 0 aliphatic rings. The first-order valence-electron chi connectivity index (χ1n) is 6.98. The molecule has 0 amide bonds. The van der Waals surface area contributed by atoms with Gasteiger partial charge < -0.3 is 4.90 Å². The summed E-state index contributed by atoms with van der Waals surface area (Å²) >= 11 is 0. The molecule has 0 saturated heterocycles. The number of rotatable bonds is 6. The van der Waals surface area contributed by atoms with Gasteiger partial charge in [0.05, 0.1) is 11.4 Å². The van der Waals surface area contributed by atoms with Gasteiger partial charge in [-0.25, -0.2) is 13.1 Å². The van der Waals surface area contributed by atoms with Crippen LogP contribution in [0.2, 0.25) is 0 Å². The Balaban J connectivity index is 2.12. The summed E-state index contributed by atoms with van der Waals surface area (Å²) in [5.41, 5.74) is 0.984. The fourth-order valence-corrected chi connectivity index (χ4v) is 2.89. The van der Waals surface area contributed by atoms with Gasteiger partial charge in [0, 0.05) is 14.1 Å². The van der Waals surface area contributed by atoms with E-state index in [1.165, 1.54) is 0 Å². The number of anilines is 1. The average Bonchev–Trinajstić information content (AvgIpc) is 2.94. The van der Waals surface area contributed by atoms with E-state index in [9.17, 15) is 8.42 Å².